The summed E-state index contributed by atoms with van der Waals surface area (Å²) in [7, 11) is 0. The van der Waals surface area contributed by atoms with Crippen molar-refractivity contribution in [1.29, 1.82) is 0 Å². The minimum atomic E-state index is -0.366. The Morgan fingerprint density at radius 2 is 2.25 bits per heavy atom. The van der Waals surface area contributed by atoms with Crippen LogP contribution in [0.4, 0.5) is 0 Å². The number of aryl methyl sites for hydroxylation is 1. The van der Waals surface area contributed by atoms with Gasteiger partial charge in [-0.05, 0) is 36.8 Å². The van der Waals surface area contributed by atoms with Gasteiger partial charge in [-0.2, -0.15) is 0 Å². The fraction of sp³-hybridized carbons (Fsp3) is 0.214. The molecule has 20 heavy (non-hydrogen) atoms. The van der Waals surface area contributed by atoms with Crippen molar-refractivity contribution < 1.29 is 14.0 Å². The van der Waals surface area contributed by atoms with Crippen LogP contribution in [0, 0.1) is 0 Å². The van der Waals surface area contributed by atoms with Crippen molar-refractivity contribution in [2.45, 2.75) is 12.8 Å². The summed E-state index contributed by atoms with van der Waals surface area (Å²) in [4.78, 5) is 17.0. The average molecular weight is 359 g/mol. The Balaban J connectivity index is 1.73. The van der Waals surface area contributed by atoms with Crippen LogP contribution in [0.3, 0.4) is 0 Å². The van der Waals surface area contributed by atoms with Crippen LogP contribution in [-0.4, -0.2) is 12.5 Å². The summed E-state index contributed by atoms with van der Waals surface area (Å²) in [6.45, 7) is 0.401. The lowest BCUT2D eigenvalue weighted by atomic mass is 10.2. The number of hydroxylamine groups is 1. The highest BCUT2D eigenvalue weighted by atomic mass is 79.9. The first-order valence-electron chi connectivity index (χ1n) is 6.06. The van der Waals surface area contributed by atoms with Gasteiger partial charge in [0.15, 0.2) is 0 Å². The van der Waals surface area contributed by atoms with Gasteiger partial charge >= 0.3 is 0 Å². The maximum Gasteiger partial charge on any atom is 0.276 e. The minimum absolute atomic E-state index is 0.366. The Labute approximate surface area is 130 Å². The molecule has 106 valence electrons. The van der Waals surface area contributed by atoms with E-state index in [2.05, 4.69) is 21.4 Å². The van der Waals surface area contributed by atoms with Gasteiger partial charge in [-0.1, -0.05) is 27.5 Å². The standard InChI is InChI=1S/C14H13BrClNO3/c15-10-5-6-13(16)12(9-10)14(18)17-20-8-2-4-11-3-1-7-19-11/h1,3,5-7,9H,2,4,8H2,(H,17,18). The molecule has 1 heterocycles. The number of rotatable bonds is 6. The second-order valence-electron chi connectivity index (χ2n) is 4.09. The summed E-state index contributed by atoms with van der Waals surface area (Å²) in [5, 5.41) is 0.380. The normalized spacial score (nSPS) is 10.5. The maximum absolute atomic E-state index is 11.8. The van der Waals surface area contributed by atoms with Gasteiger partial charge in [0.05, 0.1) is 23.5 Å². The van der Waals surface area contributed by atoms with Crippen LogP contribution in [-0.2, 0) is 11.3 Å². The zero-order valence-corrected chi connectivity index (χ0v) is 12.9. The third-order valence-electron chi connectivity index (χ3n) is 2.59. The summed E-state index contributed by atoms with van der Waals surface area (Å²) < 4.78 is 5.98. The number of furan rings is 1. The van der Waals surface area contributed by atoms with Crippen molar-refractivity contribution in [1.82, 2.24) is 5.48 Å². The monoisotopic (exact) mass is 357 g/mol. The zero-order chi connectivity index (χ0) is 14.4. The second kappa shape index (κ2) is 7.47. The third kappa shape index (κ3) is 4.37. The van der Waals surface area contributed by atoms with Crippen molar-refractivity contribution in [3.8, 4) is 0 Å². The highest BCUT2D eigenvalue weighted by Gasteiger charge is 2.10. The second-order valence-corrected chi connectivity index (χ2v) is 5.41. The van der Waals surface area contributed by atoms with Crippen LogP contribution >= 0.6 is 27.5 Å². The molecule has 0 radical (unpaired) electrons. The molecule has 0 fully saturated rings. The number of carbonyl (C=O) groups excluding carboxylic acids is 1. The van der Waals surface area contributed by atoms with Gasteiger partial charge < -0.3 is 4.42 Å². The van der Waals surface area contributed by atoms with Gasteiger partial charge in [0.25, 0.3) is 5.91 Å². The predicted molar refractivity (Wildman–Crippen MR) is 79.6 cm³/mol. The quantitative estimate of drug-likeness (QED) is 0.627. The van der Waals surface area contributed by atoms with Crippen LogP contribution in [0.2, 0.25) is 5.02 Å². The molecule has 1 N–H and O–H groups in total. The number of hydrogen-bond acceptors (Lipinski definition) is 3. The SMILES string of the molecule is O=C(NOCCCc1ccco1)c1cc(Br)ccc1Cl. The van der Waals surface area contributed by atoms with E-state index >= 15 is 0 Å². The topological polar surface area (TPSA) is 51.5 Å². The molecule has 1 aromatic heterocycles. The fourth-order valence-electron chi connectivity index (χ4n) is 1.62. The van der Waals surface area contributed by atoms with E-state index in [1.54, 1.807) is 24.5 Å². The van der Waals surface area contributed by atoms with Crippen LogP contribution in [0.25, 0.3) is 0 Å². The first-order chi connectivity index (χ1) is 9.66. The van der Waals surface area contributed by atoms with Crippen LogP contribution in [0.15, 0.2) is 45.5 Å². The summed E-state index contributed by atoms with van der Waals surface area (Å²) in [5.41, 5.74) is 2.74. The Kier molecular flexibility index (Phi) is 5.64. The molecule has 1 amide bonds. The molecule has 0 saturated heterocycles. The van der Waals surface area contributed by atoms with Crippen molar-refractivity contribution in [3.63, 3.8) is 0 Å². The summed E-state index contributed by atoms with van der Waals surface area (Å²) in [6.07, 6.45) is 3.15. The lowest BCUT2D eigenvalue weighted by molar-refractivity contribution is 0.0301. The van der Waals surface area contributed by atoms with Gasteiger partial charge in [0.2, 0.25) is 0 Å². The molecule has 0 spiro atoms. The van der Waals surface area contributed by atoms with E-state index in [0.29, 0.717) is 17.2 Å². The Morgan fingerprint density at radius 1 is 1.40 bits per heavy atom. The van der Waals surface area contributed by atoms with E-state index in [1.165, 1.54) is 0 Å². The molecular formula is C14H13BrClNO3. The first-order valence-corrected chi connectivity index (χ1v) is 7.23. The molecule has 0 aliphatic carbocycles. The summed E-state index contributed by atoms with van der Waals surface area (Å²) in [5.74, 6) is 0.532. The largest absolute Gasteiger partial charge is 0.469 e. The number of hydrogen-bond donors (Lipinski definition) is 1. The van der Waals surface area contributed by atoms with E-state index in [0.717, 1.165) is 23.1 Å². The smallest absolute Gasteiger partial charge is 0.276 e. The van der Waals surface area contributed by atoms with E-state index in [4.69, 9.17) is 20.9 Å². The molecule has 0 bridgehead atoms. The van der Waals surface area contributed by atoms with Crippen molar-refractivity contribution in [3.05, 3.63) is 57.4 Å². The third-order valence-corrected chi connectivity index (χ3v) is 3.41. The zero-order valence-electron chi connectivity index (χ0n) is 10.6. The molecule has 0 aliphatic rings. The molecule has 6 heteroatoms. The molecule has 2 rings (SSSR count). The highest BCUT2D eigenvalue weighted by Crippen LogP contribution is 2.20. The Bertz CT molecular complexity index is 572. The number of carbonyl (C=O) groups is 1. The number of benzene rings is 1. The summed E-state index contributed by atoms with van der Waals surface area (Å²) in [6, 6.07) is 8.80. The molecule has 0 saturated carbocycles. The van der Waals surface area contributed by atoms with E-state index < -0.39 is 0 Å². The van der Waals surface area contributed by atoms with E-state index in [1.807, 2.05) is 12.1 Å². The van der Waals surface area contributed by atoms with Crippen LogP contribution < -0.4 is 5.48 Å². The summed E-state index contributed by atoms with van der Waals surface area (Å²) >= 11 is 9.24. The highest BCUT2D eigenvalue weighted by molar-refractivity contribution is 9.10. The van der Waals surface area contributed by atoms with Gasteiger partial charge in [-0.25, -0.2) is 5.48 Å². The van der Waals surface area contributed by atoms with Crippen LogP contribution in [0.5, 0.6) is 0 Å². The predicted octanol–water partition coefficient (Wildman–Crippen LogP) is 3.99. The molecule has 4 nitrogen and oxygen atoms in total. The Hall–Kier alpha value is -1.30. The van der Waals surface area contributed by atoms with Crippen molar-refractivity contribution in [2.24, 2.45) is 0 Å². The molecule has 0 atom stereocenters. The van der Waals surface area contributed by atoms with E-state index in [9.17, 15) is 4.79 Å². The Morgan fingerprint density at radius 3 is 3.00 bits per heavy atom. The first kappa shape index (κ1) is 15.1. The number of halogens is 2. The fourth-order valence-corrected chi connectivity index (χ4v) is 2.18. The molecular weight excluding hydrogens is 346 g/mol. The van der Waals surface area contributed by atoms with Crippen molar-refractivity contribution in [2.75, 3.05) is 6.61 Å². The number of amides is 1. The van der Waals surface area contributed by atoms with Gasteiger partial charge in [0, 0.05) is 10.9 Å². The molecule has 1 aromatic carbocycles. The maximum atomic E-state index is 11.8. The molecule has 0 aliphatic heterocycles. The average Bonchev–Trinajstić information content (AvgIpc) is 2.94. The lowest BCUT2D eigenvalue weighted by Crippen LogP contribution is -2.24. The molecule has 0 unspecified atom stereocenters. The number of nitrogens with one attached hydrogen (secondary N) is 1. The van der Waals surface area contributed by atoms with Gasteiger partial charge in [-0.15, -0.1) is 0 Å². The van der Waals surface area contributed by atoms with Gasteiger partial charge in [0.1, 0.15) is 5.76 Å². The minimum Gasteiger partial charge on any atom is -0.469 e. The molecule has 2 aromatic rings. The van der Waals surface area contributed by atoms with E-state index in [-0.39, 0.29) is 5.91 Å². The van der Waals surface area contributed by atoms with Crippen LogP contribution in [0.1, 0.15) is 22.5 Å². The van der Waals surface area contributed by atoms with Gasteiger partial charge in [-0.3, -0.25) is 9.63 Å². The van der Waals surface area contributed by atoms with Crippen molar-refractivity contribution >= 4 is 33.4 Å². The lowest BCUT2D eigenvalue weighted by Gasteiger charge is -2.07.